The van der Waals surface area contributed by atoms with E-state index in [2.05, 4.69) is 0 Å². The van der Waals surface area contributed by atoms with Gasteiger partial charge in [0, 0.05) is 5.56 Å². The third-order valence-corrected chi connectivity index (χ3v) is 1.78. The molecule has 82 valence electrons. The molecule has 0 heterocycles. The first-order valence-electron chi connectivity index (χ1n) is 3.81. The quantitative estimate of drug-likeness (QED) is 0.569. The van der Waals surface area contributed by atoms with Crippen molar-refractivity contribution < 1.29 is 26.7 Å². The number of alkyl halides is 4. The molecule has 15 heavy (non-hydrogen) atoms. The topological polar surface area (TPSA) is 17.1 Å². The molecule has 0 atom stereocenters. The van der Waals surface area contributed by atoms with E-state index < -0.39 is 23.4 Å². The number of carbonyl (C=O) groups is 1. The largest absolute Gasteiger partial charge is 0.402 e. The Morgan fingerprint density at radius 1 is 1.00 bits per heavy atom. The van der Waals surface area contributed by atoms with E-state index in [1.807, 2.05) is 0 Å². The van der Waals surface area contributed by atoms with Gasteiger partial charge in [-0.3, -0.25) is 4.79 Å². The lowest BCUT2D eigenvalue weighted by atomic mass is 10.0. The van der Waals surface area contributed by atoms with Gasteiger partial charge in [0.25, 0.3) is 0 Å². The van der Waals surface area contributed by atoms with Crippen molar-refractivity contribution in [3.8, 4) is 0 Å². The summed E-state index contributed by atoms with van der Waals surface area (Å²) in [5.41, 5.74) is -1.11. The van der Waals surface area contributed by atoms with Crippen molar-refractivity contribution in [2.24, 2.45) is 0 Å². The van der Waals surface area contributed by atoms with Gasteiger partial charge < -0.3 is 0 Å². The molecule has 0 saturated carbocycles. The fourth-order valence-corrected chi connectivity index (χ4v) is 0.952. The number of benzene rings is 1. The van der Waals surface area contributed by atoms with Gasteiger partial charge in [-0.05, 0) is 0 Å². The van der Waals surface area contributed by atoms with Crippen LogP contribution < -0.4 is 0 Å². The van der Waals surface area contributed by atoms with E-state index in [-0.39, 0.29) is 0 Å². The summed E-state index contributed by atoms with van der Waals surface area (Å²) in [6, 6.07) is 1.53. The summed E-state index contributed by atoms with van der Waals surface area (Å²) < 4.78 is 62.8. The average Bonchev–Trinajstić information content (AvgIpc) is 2.18. The second-order valence-electron chi connectivity index (χ2n) is 2.79. The van der Waals surface area contributed by atoms with Gasteiger partial charge in [0.1, 0.15) is 0 Å². The molecular weight excluding hydrogens is 219 g/mol. The second-order valence-corrected chi connectivity index (χ2v) is 2.79. The number of rotatable bonds is 3. The molecule has 0 fully saturated rings. The molecule has 0 bridgehead atoms. The van der Waals surface area contributed by atoms with Crippen LogP contribution in [0.2, 0.25) is 0 Å². The van der Waals surface area contributed by atoms with Gasteiger partial charge in [0.2, 0.25) is 0 Å². The Morgan fingerprint density at radius 3 is 1.87 bits per heavy atom. The molecule has 0 unspecified atom stereocenters. The van der Waals surface area contributed by atoms with Crippen molar-refractivity contribution in [2.45, 2.75) is 11.8 Å². The van der Waals surface area contributed by atoms with Crippen molar-refractivity contribution in [3.05, 3.63) is 35.9 Å². The van der Waals surface area contributed by atoms with E-state index >= 15 is 0 Å². The van der Waals surface area contributed by atoms with Gasteiger partial charge in [-0.25, -0.2) is 0 Å². The zero-order valence-electron chi connectivity index (χ0n) is 7.18. The highest BCUT2D eigenvalue weighted by atomic mass is 19.3. The predicted octanol–water partition coefficient (Wildman–Crippen LogP) is 2.91. The predicted molar refractivity (Wildman–Crippen MR) is 41.4 cm³/mol. The molecule has 1 rings (SSSR count). The van der Waals surface area contributed by atoms with Gasteiger partial charge in [-0.2, -0.15) is 22.0 Å². The van der Waals surface area contributed by atoms with E-state index in [9.17, 15) is 26.7 Å². The van der Waals surface area contributed by atoms with Crippen LogP contribution >= 0.6 is 0 Å². The highest BCUT2D eigenvalue weighted by Crippen LogP contribution is 2.43. The van der Waals surface area contributed by atoms with Crippen LogP contribution in [0.5, 0.6) is 0 Å². The molecule has 0 aromatic heterocycles. The van der Waals surface area contributed by atoms with Crippen molar-refractivity contribution in [3.63, 3.8) is 0 Å². The third kappa shape index (κ3) is 1.84. The Hall–Kier alpha value is -1.46. The molecule has 0 spiro atoms. The van der Waals surface area contributed by atoms with Crippen molar-refractivity contribution in [1.29, 1.82) is 0 Å². The van der Waals surface area contributed by atoms with Crippen LogP contribution in [-0.4, -0.2) is 12.0 Å². The maximum Gasteiger partial charge on any atom is 0.402 e. The van der Waals surface area contributed by atoms with Crippen LogP contribution in [0.15, 0.2) is 30.3 Å². The van der Waals surface area contributed by atoms with Gasteiger partial charge in [-0.1, -0.05) is 30.3 Å². The van der Waals surface area contributed by atoms with Crippen molar-refractivity contribution in [1.82, 2.24) is 0 Å². The van der Waals surface area contributed by atoms with Crippen molar-refractivity contribution in [2.75, 3.05) is 0 Å². The molecule has 6 heteroatoms. The summed E-state index contributed by atoms with van der Waals surface area (Å²) in [4.78, 5) is 9.79. The maximum absolute atomic E-state index is 13.0. The average molecular weight is 224 g/mol. The Kier molecular flexibility index (Phi) is 2.79. The normalized spacial score (nSPS) is 12.6. The Morgan fingerprint density at radius 2 is 1.47 bits per heavy atom. The van der Waals surface area contributed by atoms with Crippen LogP contribution in [0.4, 0.5) is 22.0 Å². The van der Waals surface area contributed by atoms with Crippen molar-refractivity contribution >= 4 is 6.04 Å². The molecule has 1 aromatic carbocycles. The van der Waals surface area contributed by atoms with E-state index in [4.69, 9.17) is 0 Å². The molecule has 0 saturated heterocycles. The van der Waals surface area contributed by atoms with Crippen LogP contribution in [0.25, 0.3) is 0 Å². The second kappa shape index (κ2) is 3.60. The minimum atomic E-state index is -5.34. The fourth-order valence-electron chi connectivity index (χ4n) is 0.952. The summed E-state index contributed by atoms with van der Waals surface area (Å²) in [5, 5.41) is 0. The lowest BCUT2D eigenvalue weighted by Gasteiger charge is -2.22. The standard InChI is InChI=1S/C9H5F5O/c10-7(15)9(13,14)8(11,12)6-4-2-1-3-5-6/h1-5H. The number of carbonyl (C=O) groups excluding carboxylic acids is 1. The zero-order chi connectivity index (χ0) is 11.7. The van der Waals surface area contributed by atoms with Gasteiger partial charge >= 0.3 is 17.9 Å². The first-order chi connectivity index (χ1) is 6.80. The molecule has 0 amide bonds. The number of hydrogen-bond donors (Lipinski definition) is 0. The molecule has 0 aliphatic carbocycles. The molecule has 1 aromatic rings. The molecule has 1 nitrogen and oxygen atoms in total. The first kappa shape index (κ1) is 11.6. The SMILES string of the molecule is O=C(F)C(F)(F)C(F)(F)c1ccccc1. The first-order valence-corrected chi connectivity index (χ1v) is 3.81. The summed E-state index contributed by atoms with van der Waals surface area (Å²) in [5.74, 6) is -10.2. The van der Waals surface area contributed by atoms with Gasteiger partial charge in [-0.15, -0.1) is 0 Å². The highest BCUT2D eigenvalue weighted by Gasteiger charge is 2.63. The maximum atomic E-state index is 13.0. The van der Waals surface area contributed by atoms with E-state index in [1.54, 1.807) is 0 Å². The molecule has 0 aliphatic rings. The summed E-state index contributed by atoms with van der Waals surface area (Å²) in [7, 11) is 0. The van der Waals surface area contributed by atoms with Gasteiger partial charge in [0.15, 0.2) is 0 Å². The van der Waals surface area contributed by atoms with Crippen LogP contribution in [0.1, 0.15) is 5.56 Å². The lowest BCUT2D eigenvalue weighted by molar-refractivity contribution is -0.222. The van der Waals surface area contributed by atoms with E-state index in [0.29, 0.717) is 12.1 Å². The zero-order valence-corrected chi connectivity index (χ0v) is 7.18. The Labute approximate surface area is 81.5 Å². The molecular formula is C9H5F5O. The van der Waals surface area contributed by atoms with E-state index in [0.717, 1.165) is 12.1 Å². The highest BCUT2D eigenvalue weighted by molar-refractivity contribution is 5.78. The monoisotopic (exact) mass is 224 g/mol. The number of halogens is 5. The summed E-state index contributed by atoms with van der Waals surface area (Å²) in [6.45, 7) is 0. The van der Waals surface area contributed by atoms with Crippen LogP contribution in [0.3, 0.4) is 0 Å². The lowest BCUT2D eigenvalue weighted by Crippen LogP contribution is -2.43. The van der Waals surface area contributed by atoms with Gasteiger partial charge in [0.05, 0.1) is 0 Å². The van der Waals surface area contributed by atoms with E-state index in [1.165, 1.54) is 6.07 Å². The number of hydrogen-bond acceptors (Lipinski definition) is 1. The third-order valence-electron chi connectivity index (χ3n) is 1.78. The molecule has 0 radical (unpaired) electrons. The minimum absolute atomic E-state index is 0.691. The minimum Gasteiger partial charge on any atom is -0.254 e. The molecule has 0 N–H and O–H groups in total. The summed E-state index contributed by atoms with van der Waals surface area (Å²) in [6.07, 6.45) is 0. The fraction of sp³-hybridized carbons (Fsp3) is 0.222. The Bertz CT molecular complexity index is 360. The smallest absolute Gasteiger partial charge is 0.254 e. The molecule has 0 aliphatic heterocycles. The van der Waals surface area contributed by atoms with Crippen LogP contribution in [-0.2, 0) is 10.7 Å². The Balaban J connectivity index is 3.19. The summed E-state index contributed by atoms with van der Waals surface area (Å²) >= 11 is 0. The van der Waals surface area contributed by atoms with Crippen LogP contribution in [0, 0.1) is 0 Å².